The number of aryl methyl sites for hydroxylation is 2. The fourth-order valence-electron chi connectivity index (χ4n) is 1.86. The fraction of sp³-hybridized carbons (Fsp3) is 0.333. The first-order valence-electron chi connectivity index (χ1n) is 5.36. The van der Waals surface area contributed by atoms with Gasteiger partial charge in [0, 0.05) is 7.11 Å². The predicted octanol–water partition coefficient (Wildman–Crippen LogP) is 2.69. The summed E-state index contributed by atoms with van der Waals surface area (Å²) in [6, 6.07) is 6.24. The first-order valence-corrected chi connectivity index (χ1v) is 5.77. The van der Waals surface area contributed by atoms with E-state index >= 15 is 0 Å². The molecule has 2 rings (SSSR count). The summed E-state index contributed by atoms with van der Waals surface area (Å²) in [5.41, 5.74) is 3.44. The molecule has 17 heavy (non-hydrogen) atoms. The lowest BCUT2D eigenvalue weighted by atomic mass is 10.1. The summed E-state index contributed by atoms with van der Waals surface area (Å²) in [6.45, 7) is 4.57. The molecule has 0 bridgehead atoms. The van der Waals surface area contributed by atoms with Gasteiger partial charge in [0.15, 0.2) is 10.6 Å². The summed E-state index contributed by atoms with van der Waals surface area (Å²) in [5, 5.41) is 6.96. The van der Waals surface area contributed by atoms with Crippen molar-refractivity contribution >= 4 is 12.2 Å². The molecule has 4 nitrogen and oxygen atoms in total. The van der Waals surface area contributed by atoms with Crippen molar-refractivity contribution < 1.29 is 4.74 Å². The second-order valence-electron chi connectivity index (χ2n) is 4.00. The molecule has 1 N–H and O–H groups in total. The van der Waals surface area contributed by atoms with E-state index in [1.54, 1.807) is 7.11 Å². The van der Waals surface area contributed by atoms with Crippen LogP contribution in [0.2, 0.25) is 0 Å². The normalized spacial score (nSPS) is 10.8. The third kappa shape index (κ3) is 2.30. The van der Waals surface area contributed by atoms with Crippen LogP contribution in [0.4, 0.5) is 0 Å². The zero-order chi connectivity index (χ0) is 12.4. The number of aromatic nitrogens is 3. The summed E-state index contributed by atoms with van der Waals surface area (Å²) >= 11 is 5.25. The molecule has 0 unspecified atom stereocenters. The Morgan fingerprint density at radius 3 is 2.82 bits per heavy atom. The van der Waals surface area contributed by atoms with Crippen molar-refractivity contribution in [3.63, 3.8) is 0 Å². The highest BCUT2D eigenvalue weighted by Gasteiger charge is 2.09. The molecule has 0 radical (unpaired) electrons. The van der Waals surface area contributed by atoms with Gasteiger partial charge < -0.3 is 4.74 Å². The molecular weight excluding hydrogens is 234 g/mol. The number of ether oxygens (including phenoxy) is 1. The Kier molecular flexibility index (Phi) is 3.40. The number of benzene rings is 1. The van der Waals surface area contributed by atoms with Crippen LogP contribution >= 0.6 is 12.2 Å². The van der Waals surface area contributed by atoms with Gasteiger partial charge in [-0.05, 0) is 37.7 Å². The Balaban J connectivity index is 2.59. The molecule has 1 aromatic carbocycles. The lowest BCUT2D eigenvalue weighted by Crippen LogP contribution is -2.04. The topological polar surface area (TPSA) is 42.8 Å². The molecule has 0 aliphatic carbocycles. The van der Waals surface area contributed by atoms with Crippen LogP contribution in [0.3, 0.4) is 0 Å². The van der Waals surface area contributed by atoms with Crippen LogP contribution in [0.25, 0.3) is 5.69 Å². The van der Waals surface area contributed by atoms with Crippen LogP contribution in [0.1, 0.15) is 17.0 Å². The maximum absolute atomic E-state index is 5.25. The molecule has 0 fully saturated rings. The molecule has 0 saturated carbocycles. The number of rotatable bonds is 3. The number of hydrogen-bond donors (Lipinski definition) is 1. The van der Waals surface area contributed by atoms with E-state index in [0.717, 1.165) is 11.5 Å². The van der Waals surface area contributed by atoms with Crippen molar-refractivity contribution in [3.8, 4) is 5.69 Å². The van der Waals surface area contributed by atoms with Gasteiger partial charge in [-0.25, -0.2) is 0 Å². The van der Waals surface area contributed by atoms with Crippen LogP contribution in [0, 0.1) is 18.6 Å². The van der Waals surface area contributed by atoms with E-state index in [1.165, 1.54) is 11.1 Å². The second-order valence-corrected chi connectivity index (χ2v) is 4.39. The van der Waals surface area contributed by atoms with E-state index in [0.29, 0.717) is 11.4 Å². The van der Waals surface area contributed by atoms with Crippen LogP contribution < -0.4 is 0 Å². The summed E-state index contributed by atoms with van der Waals surface area (Å²) < 4.78 is 7.61. The van der Waals surface area contributed by atoms with Crippen molar-refractivity contribution in [1.29, 1.82) is 0 Å². The van der Waals surface area contributed by atoms with E-state index in [4.69, 9.17) is 17.0 Å². The lowest BCUT2D eigenvalue weighted by molar-refractivity contribution is 0.176. The lowest BCUT2D eigenvalue weighted by Gasteiger charge is -2.10. The summed E-state index contributed by atoms with van der Waals surface area (Å²) in [4.78, 5) is 0. The van der Waals surface area contributed by atoms with Gasteiger partial charge in [-0.3, -0.25) is 9.67 Å². The van der Waals surface area contributed by atoms with Gasteiger partial charge in [-0.15, -0.1) is 0 Å². The molecule has 2 aromatic rings. The Labute approximate surface area is 105 Å². The molecule has 5 heteroatoms. The first kappa shape index (κ1) is 12.0. The smallest absolute Gasteiger partial charge is 0.199 e. The van der Waals surface area contributed by atoms with Gasteiger partial charge in [0.05, 0.1) is 5.69 Å². The quantitative estimate of drug-likeness (QED) is 0.850. The molecule has 1 aromatic heterocycles. The highest BCUT2D eigenvalue weighted by Crippen LogP contribution is 2.17. The van der Waals surface area contributed by atoms with E-state index in [9.17, 15) is 0 Å². The molecular formula is C12H15N3OS. The zero-order valence-electron chi connectivity index (χ0n) is 10.2. The molecule has 0 amide bonds. The SMILES string of the molecule is COCc1n[nH]c(=S)n1-c1ccc(C)cc1C. The Morgan fingerprint density at radius 2 is 2.18 bits per heavy atom. The predicted molar refractivity (Wildman–Crippen MR) is 68.9 cm³/mol. The zero-order valence-corrected chi connectivity index (χ0v) is 11.0. The van der Waals surface area contributed by atoms with Crippen LogP contribution in [0.5, 0.6) is 0 Å². The van der Waals surface area contributed by atoms with Crippen LogP contribution in [-0.4, -0.2) is 21.9 Å². The highest BCUT2D eigenvalue weighted by atomic mass is 32.1. The number of hydrogen-bond acceptors (Lipinski definition) is 3. The van der Waals surface area contributed by atoms with E-state index in [1.807, 2.05) is 4.57 Å². The summed E-state index contributed by atoms with van der Waals surface area (Å²) in [5.74, 6) is 0.782. The standard InChI is InChI=1S/C12H15N3OS/c1-8-4-5-10(9(2)6-8)15-11(7-16-3)13-14-12(15)17/h4-6H,7H2,1-3H3,(H,14,17). The largest absolute Gasteiger partial charge is 0.377 e. The van der Waals surface area contributed by atoms with Crippen molar-refractivity contribution in [2.75, 3.05) is 7.11 Å². The fourth-order valence-corrected chi connectivity index (χ4v) is 2.11. The van der Waals surface area contributed by atoms with E-state index in [-0.39, 0.29) is 0 Å². The molecule has 0 spiro atoms. The number of nitrogens with one attached hydrogen (secondary N) is 1. The Bertz CT molecular complexity index is 586. The van der Waals surface area contributed by atoms with Gasteiger partial charge in [0.25, 0.3) is 0 Å². The first-order chi connectivity index (χ1) is 8.13. The number of nitrogens with zero attached hydrogens (tertiary/aromatic N) is 2. The van der Waals surface area contributed by atoms with Gasteiger partial charge in [0.1, 0.15) is 6.61 Å². The minimum atomic E-state index is 0.431. The molecule has 0 aliphatic heterocycles. The third-order valence-corrected chi connectivity index (χ3v) is 2.88. The average Bonchev–Trinajstić information content (AvgIpc) is 2.62. The van der Waals surface area contributed by atoms with Gasteiger partial charge >= 0.3 is 0 Å². The summed E-state index contributed by atoms with van der Waals surface area (Å²) in [7, 11) is 1.64. The maximum atomic E-state index is 5.25. The minimum Gasteiger partial charge on any atom is -0.377 e. The average molecular weight is 249 g/mol. The van der Waals surface area contributed by atoms with E-state index in [2.05, 4.69) is 42.2 Å². The molecule has 1 heterocycles. The molecule has 90 valence electrons. The van der Waals surface area contributed by atoms with Crippen LogP contribution in [0.15, 0.2) is 18.2 Å². The number of methoxy groups -OCH3 is 1. The van der Waals surface area contributed by atoms with E-state index < -0.39 is 0 Å². The van der Waals surface area contributed by atoms with Gasteiger partial charge in [-0.2, -0.15) is 5.10 Å². The molecule has 0 aliphatic rings. The van der Waals surface area contributed by atoms with Crippen molar-refractivity contribution in [2.45, 2.75) is 20.5 Å². The van der Waals surface area contributed by atoms with Crippen molar-refractivity contribution in [2.24, 2.45) is 0 Å². The van der Waals surface area contributed by atoms with Crippen LogP contribution in [-0.2, 0) is 11.3 Å². The highest BCUT2D eigenvalue weighted by molar-refractivity contribution is 7.71. The minimum absolute atomic E-state index is 0.431. The Hall–Kier alpha value is -1.46. The van der Waals surface area contributed by atoms with Gasteiger partial charge in [-0.1, -0.05) is 17.7 Å². The van der Waals surface area contributed by atoms with Crippen molar-refractivity contribution in [1.82, 2.24) is 14.8 Å². The summed E-state index contributed by atoms with van der Waals surface area (Å²) in [6.07, 6.45) is 0. The molecule has 0 atom stereocenters. The van der Waals surface area contributed by atoms with Crippen molar-refractivity contribution in [3.05, 3.63) is 39.9 Å². The Morgan fingerprint density at radius 1 is 1.41 bits per heavy atom. The third-order valence-electron chi connectivity index (χ3n) is 2.61. The number of aromatic amines is 1. The number of H-pyrrole nitrogens is 1. The maximum Gasteiger partial charge on any atom is 0.199 e. The second kappa shape index (κ2) is 4.81. The molecule has 0 saturated heterocycles. The monoisotopic (exact) mass is 249 g/mol. The van der Waals surface area contributed by atoms with Gasteiger partial charge in [0.2, 0.25) is 0 Å².